The van der Waals surface area contributed by atoms with Crippen LogP contribution in [0.1, 0.15) is 32.1 Å². The maximum atomic E-state index is 12.4. The molecule has 3 N–H and O–H groups in total. The highest BCUT2D eigenvalue weighted by Crippen LogP contribution is 2.18. The van der Waals surface area contributed by atoms with Crippen molar-refractivity contribution in [1.82, 2.24) is 15.2 Å². The zero-order valence-electron chi connectivity index (χ0n) is 14.8. The molecule has 26 heavy (non-hydrogen) atoms. The Morgan fingerprint density at radius 3 is 2.81 bits per heavy atom. The molecule has 1 saturated heterocycles. The van der Waals surface area contributed by atoms with E-state index in [2.05, 4.69) is 15.6 Å². The van der Waals surface area contributed by atoms with Gasteiger partial charge in [-0.25, -0.2) is 4.98 Å². The molecule has 0 aliphatic carbocycles. The topological polar surface area (TPSA) is 112 Å². The molecule has 0 saturated carbocycles. The van der Waals surface area contributed by atoms with Gasteiger partial charge >= 0.3 is 5.97 Å². The van der Waals surface area contributed by atoms with Gasteiger partial charge in [0.15, 0.2) is 0 Å². The first kappa shape index (κ1) is 19.7. The van der Waals surface area contributed by atoms with Gasteiger partial charge in [0.1, 0.15) is 5.82 Å². The summed E-state index contributed by atoms with van der Waals surface area (Å²) in [5.74, 6) is -0.523. The summed E-state index contributed by atoms with van der Waals surface area (Å²) in [6, 6.07) is 5.62. The van der Waals surface area contributed by atoms with Gasteiger partial charge in [0, 0.05) is 38.8 Å². The number of hydrogen-bond acceptors (Lipinski definition) is 5. The number of aromatic nitrogens is 1. The van der Waals surface area contributed by atoms with Crippen molar-refractivity contribution in [2.45, 2.75) is 32.1 Å². The van der Waals surface area contributed by atoms with E-state index in [1.807, 2.05) is 18.2 Å². The molecular formula is C18H26N4O4. The average Bonchev–Trinajstić information content (AvgIpc) is 2.65. The Labute approximate surface area is 153 Å². The number of hydrogen-bond donors (Lipinski definition) is 3. The lowest BCUT2D eigenvalue weighted by atomic mass is 9.96. The second-order valence-corrected chi connectivity index (χ2v) is 6.36. The number of pyridine rings is 1. The van der Waals surface area contributed by atoms with Crippen LogP contribution in [0.4, 0.5) is 5.82 Å². The van der Waals surface area contributed by atoms with E-state index < -0.39 is 5.97 Å². The second kappa shape index (κ2) is 10.4. The fourth-order valence-electron chi connectivity index (χ4n) is 2.94. The van der Waals surface area contributed by atoms with Crippen LogP contribution in [0.25, 0.3) is 0 Å². The summed E-state index contributed by atoms with van der Waals surface area (Å²) in [4.78, 5) is 40.9. The minimum atomic E-state index is -0.940. The highest BCUT2D eigenvalue weighted by Gasteiger charge is 2.27. The second-order valence-electron chi connectivity index (χ2n) is 6.36. The predicted octanol–water partition coefficient (Wildman–Crippen LogP) is 1.10. The van der Waals surface area contributed by atoms with Crippen molar-refractivity contribution in [2.24, 2.45) is 5.92 Å². The van der Waals surface area contributed by atoms with E-state index in [0.29, 0.717) is 32.5 Å². The van der Waals surface area contributed by atoms with Crippen LogP contribution in [0.15, 0.2) is 24.4 Å². The molecule has 8 heteroatoms. The van der Waals surface area contributed by atoms with Crippen molar-refractivity contribution in [3.05, 3.63) is 24.4 Å². The summed E-state index contributed by atoms with van der Waals surface area (Å²) in [7, 11) is 0. The minimum Gasteiger partial charge on any atom is -0.481 e. The number of rotatable bonds is 9. The summed E-state index contributed by atoms with van der Waals surface area (Å²) >= 11 is 0. The zero-order valence-corrected chi connectivity index (χ0v) is 14.8. The van der Waals surface area contributed by atoms with E-state index in [4.69, 9.17) is 5.11 Å². The Morgan fingerprint density at radius 1 is 1.23 bits per heavy atom. The van der Waals surface area contributed by atoms with Crippen molar-refractivity contribution >= 4 is 23.6 Å². The SMILES string of the molecule is O=C(O)CCNC(=O)[C@H]1CCCN(C(=O)CCCNc2ccccn2)C1. The molecule has 1 atom stereocenters. The molecule has 0 radical (unpaired) electrons. The number of nitrogens with one attached hydrogen (secondary N) is 2. The van der Waals surface area contributed by atoms with Crippen LogP contribution in [-0.2, 0) is 14.4 Å². The van der Waals surface area contributed by atoms with E-state index in [0.717, 1.165) is 18.7 Å². The van der Waals surface area contributed by atoms with Crippen molar-refractivity contribution in [3.8, 4) is 0 Å². The molecule has 1 aliphatic rings. The molecule has 1 aromatic rings. The normalized spacial score (nSPS) is 16.8. The van der Waals surface area contributed by atoms with E-state index >= 15 is 0 Å². The Balaban J connectivity index is 1.68. The molecule has 2 heterocycles. The maximum absolute atomic E-state index is 12.4. The first-order chi connectivity index (χ1) is 12.6. The summed E-state index contributed by atoms with van der Waals surface area (Å²) in [5.41, 5.74) is 0. The molecule has 1 fully saturated rings. The first-order valence-electron chi connectivity index (χ1n) is 8.98. The third-order valence-corrected chi connectivity index (χ3v) is 4.32. The lowest BCUT2D eigenvalue weighted by molar-refractivity contribution is -0.137. The molecular weight excluding hydrogens is 336 g/mol. The minimum absolute atomic E-state index is 0.0517. The Morgan fingerprint density at radius 2 is 2.08 bits per heavy atom. The maximum Gasteiger partial charge on any atom is 0.305 e. The lowest BCUT2D eigenvalue weighted by Gasteiger charge is -2.32. The molecule has 1 aliphatic heterocycles. The highest BCUT2D eigenvalue weighted by molar-refractivity contribution is 5.81. The molecule has 0 bridgehead atoms. The number of anilines is 1. The van der Waals surface area contributed by atoms with Gasteiger partial charge in [-0.15, -0.1) is 0 Å². The number of piperidine rings is 1. The van der Waals surface area contributed by atoms with Crippen LogP contribution in [0.3, 0.4) is 0 Å². The van der Waals surface area contributed by atoms with E-state index in [1.54, 1.807) is 11.1 Å². The Kier molecular flexibility index (Phi) is 7.85. The van der Waals surface area contributed by atoms with E-state index in [-0.39, 0.29) is 30.7 Å². The van der Waals surface area contributed by atoms with Gasteiger partial charge in [0.2, 0.25) is 11.8 Å². The van der Waals surface area contributed by atoms with Crippen LogP contribution in [0, 0.1) is 5.92 Å². The molecule has 0 unspecified atom stereocenters. The highest BCUT2D eigenvalue weighted by atomic mass is 16.4. The largest absolute Gasteiger partial charge is 0.481 e. The number of nitrogens with zero attached hydrogens (tertiary/aromatic N) is 2. The summed E-state index contributed by atoms with van der Waals surface area (Å²) in [5, 5.41) is 14.4. The van der Waals surface area contributed by atoms with Crippen LogP contribution in [0.5, 0.6) is 0 Å². The van der Waals surface area contributed by atoms with Gasteiger partial charge in [-0.3, -0.25) is 14.4 Å². The predicted molar refractivity (Wildman–Crippen MR) is 96.5 cm³/mol. The molecule has 8 nitrogen and oxygen atoms in total. The van der Waals surface area contributed by atoms with Crippen LogP contribution in [0.2, 0.25) is 0 Å². The van der Waals surface area contributed by atoms with Crippen LogP contribution < -0.4 is 10.6 Å². The number of amides is 2. The number of likely N-dealkylation sites (tertiary alicyclic amines) is 1. The monoisotopic (exact) mass is 362 g/mol. The van der Waals surface area contributed by atoms with Crippen molar-refractivity contribution in [1.29, 1.82) is 0 Å². The number of carbonyl (C=O) groups excluding carboxylic acids is 2. The molecule has 1 aromatic heterocycles. The van der Waals surface area contributed by atoms with E-state index in [1.165, 1.54) is 0 Å². The fourth-order valence-corrected chi connectivity index (χ4v) is 2.94. The van der Waals surface area contributed by atoms with Gasteiger partial charge in [-0.05, 0) is 31.4 Å². The number of aliphatic carboxylic acids is 1. The number of carboxylic acids is 1. The molecule has 2 rings (SSSR count). The zero-order chi connectivity index (χ0) is 18.8. The van der Waals surface area contributed by atoms with Crippen molar-refractivity contribution in [3.63, 3.8) is 0 Å². The fraction of sp³-hybridized carbons (Fsp3) is 0.556. The summed E-state index contributed by atoms with van der Waals surface area (Å²) in [6.45, 7) is 1.87. The number of carbonyl (C=O) groups is 3. The Bertz CT molecular complexity index is 608. The smallest absolute Gasteiger partial charge is 0.305 e. The first-order valence-corrected chi connectivity index (χ1v) is 8.98. The van der Waals surface area contributed by atoms with E-state index in [9.17, 15) is 14.4 Å². The average molecular weight is 362 g/mol. The number of carboxylic acid groups (broad SMARTS) is 1. The van der Waals surface area contributed by atoms with Crippen molar-refractivity contribution in [2.75, 3.05) is 31.5 Å². The molecule has 2 amide bonds. The van der Waals surface area contributed by atoms with Gasteiger partial charge in [0.05, 0.1) is 12.3 Å². The van der Waals surface area contributed by atoms with Gasteiger partial charge in [-0.1, -0.05) is 6.07 Å². The van der Waals surface area contributed by atoms with Crippen LogP contribution in [-0.4, -0.2) is 59.0 Å². The Hall–Kier alpha value is -2.64. The molecule has 142 valence electrons. The van der Waals surface area contributed by atoms with Gasteiger partial charge in [-0.2, -0.15) is 0 Å². The third-order valence-electron chi connectivity index (χ3n) is 4.32. The summed E-state index contributed by atoms with van der Waals surface area (Å²) in [6.07, 6.45) is 4.25. The quantitative estimate of drug-likeness (QED) is 0.567. The molecule has 0 spiro atoms. The van der Waals surface area contributed by atoms with Gasteiger partial charge in [0.25, 0.3) is 0 Å². The third kappa shape index (κ3) is 6.70. The molecule has 0 aromatic carbocycles. The van der Waals surface area contributed by atoms with Crippen molar-refractivity contribution < 1.29 is 19.5 Å². The van der Waals surface area contributed by atoms with Crippen LogP contribution >= 0.6 is 0 Å². The van der Waals surface area contributed by atoms with Gasteiger partial charge < -0.3 is 20.6 Å². The lowest BCUT2D eigenvalue weighted by Crippen LogP contribution is -2.45. The standard InChI is InChI=1S/C18H26N4O4/c23-16(7-3-10-20-15-6-1-2-9-19-15)22-12-4-5-14(13-22)18(26)21-11-8-17(24)25/h1-2,6,9,14H,3-5,7-8,10-13H2,(H,19,20)(H,21,26)(H,24,25)/t14-/m0/s1. The summed E-state index contributed by atoms with van der Waals surface area (Å²) < 4.78 is 0.